The molecule has 2 unspecified atom stereocenters. The van der Waals surface area contributed by atoms with E-state index in [0.717, 1.165) is 24.4 Å². The van der Waals surface area contributed by atoms with Crippen LogP contribution in [0.15, 0.2) is 18.2 Å². The summed E-state index contributed by atoms with van der Waals surface area (Å²) < 4.78 is 13.1. The summed E-state index contributed by atoms with van der Waals surface area (Å²) in [6.07, 6.45) is 3.58. The second-order valence-electron chi connectivity index (χ2n) is 4.53. The summed E-state index contributed by atoms with van der Waals surface area (Å²) >= 11 is 0. The van der Waals surface area contributed by atoms with Gasteiger partial charge in [0, 0.05) is 17.4 Å². The Kier molecular flexibility index (Phi) is 2.80. The summed E-state index contributed by atoms with van der Waals surface area (Å²) in [6.45, 7) is 2.25. The first kappa shape index (κ1) is 10.3. The van der Waals surface area contributed by atoms with Crippen LogP contribution in [0.4, 0.5) is 15.8 Å². The van der Waals surface area contributed by atoms with Crippen molar-refractivity contribution < 1.29 is 4.39 Å². The Morgan fingerprint density at radius 1 is 1.33 bits per heavy atom. The number of nitrogens with two attached hydrogens (primary N) is 1. The average molecular weight is 208 g/mol. The van der Waals surface area contributed by atoms with Crippen molar-refractivity contribution >= 4 is 11.4 Å². The summed E-state index contributed by atoms with van der Waals surface area (Å²) in [5.74, 6) is 0.497. The van der Waals surface area contributed by atoms with Gasteiger partial charge in [-0.15, -0.1) is 0 Å². The van der Waals surface area contributed by atoms with Gasteiger partial charge in [0.15, 0.2) is 0 Å². The van der Waals surface area contributed by atoms with Crippen LogP contribution in [-0.2, 0) is 0 Å². The summed E-state index contributed by atoms with van der Waals surface area (Å²) in [6, 6.07) is 5.09. The van der Waals surface area contributed by atoms with E-state index in [1.807, 2.05) is 0 Å². The first-order chi connectivity index (χ1) is 7.13. The van der Waals surface area contributed by atoms with E-state index in [4.69, 9.17) is 5.73 Å². The highest BCUT2D eigenvalue weighted by molar-refractivity contribution is 5.55. The molecule has 0 heterocycles. The van der Waals surface area contributed by atoms with Crippen LogP contribution in [0.2, 0.25) is 0 Å². The van der Waals surface area contributed by atoms with Crippen molar-refractivity contribution in [1.82, 2.24) is 0 Å². The molecule has 1 aliphatic rings. The molecule has 1 aromatic rings. The van der Waals surface area contributed by atoms with E-state index in [0.29, 0.717) is 11.7 Å². The molecule has 0 amide bonds. The van der Waals surface area contributed by atoms with Crippen molar-refractivity contribution in [2.24, 2.45) is 5.92 Å². The minimum atomic E-state index is -0.274. The SMILES string of the molecule is CC1CCC(Nc2cc(N)cc(F)c2)C1. The maximum Gasteiger partial charge on any atom is 0.127 e. The molecule has 1 saturated carbocycles. The molecular formula is C12H17FN2. The number of rotatable bonds is 2. The van der Waals surface area contributed by atoms with Gasteiger partial charge in [-0.25, -0.2) is 4.39 Å². The van der Waals surface area contributed by atoms with Crippen molar-refractivity contribution in [3.8, 4) is 0 Å². The van der Waals surface area contributed by atoms with Gasteiger partial charge in [-0.05, 0) is 43.4 Å². The van der Waals surface area contributed by atoms with Crippen molar-refractivity contribution in [3.63, 3.8) is 0 Å². The predicted molar refractivity (Wildman–Crippen MR) is 61.2 cm³/mol. The molecule has 0 spiro atoms. The van der Waals surface area contributed by atoms with Crippen LogP contribution in [0.5, 0.6) is 0 Å². The number of hydrogen-bond acceptors (Lipinski definition) is 2. The third kappa shape index (κ3) is 2.61. The molecule has 3 N–H and O–H groups in total. The van der Waals surface area contributed by atoms with E-state index >= 15 is 0 Å². The lowest BCUT2D eigenvalue weighted by Gasteiger charge is -2.14. The van der Waals surface area contributed by atoms with Crippen LogP contribution in [0, 0.1) is 11.7 Å². The average Bonchev–Trinajstić information content (AvgIpc) is 2.49. The normalized spacial score (nSPS) is 25.5. The first-order valence-corrected chi connectivity index (χ1v) is 5.46. The van der Waals surface area contributed by atoms with Gasteiger partial charge in [-0.3, -0.25) is 0 Å². The van der Waals surface area contributed by atoms with E-state index in [9.17, 15) is 4.39 Å². The minimum Gasteiger partial charge on any atom is -0.399 e. The molecule has 2 nitrogen and oxygen atoms in total. The summed E-state index contributed by atoms with van der Waals surface area (Å²) in [4.78, 5) is 0. The number of hydrogen-bond donors (Lipinski definition) is 2. The van der Waals surface area contributed by atoms with E-state index in [2.05, 4.69) is 12.2 Å². The topological polar surface area (TPSA) is 38.0 Å². The molecular weight excluding hydrogens is 191 g/mol. The number of nitrogens with one attached hydrogen (secondary N) is 1. The molecule has 1 aromatic carbocycles. The molecule has 3 heteroatoms. The van der Waals surface area contributed by atoms with Gasteiger partial charge in [-0.1, -0.05) is 6.92 Å². The maximum absolute atomic E-state index is 13.1. The van der Waals surface area contributed by atoms with Gasteiger partial charge in [0.25, 0.3) is 0 Å². The van der Waals surface area contributed by atoms with Crippen LogP contribution in [-0.4, -0.2) is 6.04 Å². The standard InChI is InChI=1S/C12H17FN2/c1-8-2-3-11(4-8)15-12-6-9(13)5-10(14)7-12/h5-8,11,15H,2-4,14H2,1H3. The fourth-order valence-corrected chi connectivity index (χ4v) is 2.27. The molecule has 15 heavy (non-hydrogen) atoms. The predicted octanol–water partition coefficient (Wildman–Crippen LogP) is 3.01. The van der Waals surface area contributed by atoms with Crippen LogP contribution < -0.4 is 11.1 Å². The van der Waals surface area contributed by atoms with E-state index in [1.54, 1.807) is 6.07 Å². The van der Waals surface area contributed by atoms with Gasteiger partial charge >= 0.3 is 0 Å². The number of halogens is 1. The Hall–Kier alpha value is -1.25. The number of benzene rings is 1. The Morgan fingerprint density at radius 3 is 2.73 bits per heavy atom. The zero-order valence-electron chi connectivity index (χ0n) is 8.96. The molecule has 2 rings (SSSR count). The highest BCUT2D eigenvalue weighted by atomic mass is 19.1. The molecule has 0 bridgehead atoms. The second kappa shape index (κ2) is 4.09. The van der Waals surface area contributed by atoms with Crippen LogP contribution >= 0.6 is 0 Å². The van der Waals surface area contributed by atoms with Crippen LogP contribution in [0.25, 0.3) is 0 Å². The van der Waals surface area contributed by atoms with E-state index < -0.39 is 0 Å². The third-order valence-electron chi connectivity index (χ3n) is 2.99. The Balaban J connectivity index is 2.04. The molecule has 0 saturated heterocycles. The largest absolute Gasteiger partial charge is 0.399 e. The lowest BCUT2D eigenvalue weighted by molar-refractivity contribution is 0.602. The molecule has 82 valence electrons. The maximum atomic E-state index is 13.1. The highest BCUT2D eigenvalue weighted by Crippen LogP contribution is 2.28. The Labute approximate surface area is 89.7 Å². The zero-order chi connectivity index (χ0) is 10.8. The van der Waals surface area contributed by atoms with Gasteiger partial charge in [-0.2, -0.15) is 0 Å². The molecule has 0 aliphatic heterocycles. The van der Waals surface area contributed by atoms with Crippen molar-refractivity contribution in [2.75, 3.05) is 11.1 Å². The first-order valence-electron chi connectivity index (χ1n) is 5.46. The molecule has 0 aromatic heterocycles. The lowest BCUT2D eigenvalue weighted by Crippen LogP contribution is -2.15. The van der Waals surface area contributed by atoms with E-state index in [-0.39, 0.29) is 5.82 Å². The van der Waals surface area contributed by atoms with Crippen LogP contribution in [0.3, 0.4) is 0 Å². The van der Waals surface area contributed by atoms with E-state index in [1.165, 1.54) is 18.6 Å². The van der Waals surface area contributed by atoms with Gasteiger partial charge in [0.2, 0.25) is 0 Å². The monoisotopic (exact) mass is 208 g/mol. The molecule has 2 atom stereocenters. The van der Waals surface area contributed by atoms with Gasteiger partial charge < -0.3 is 11.1 Å². The number of nitrogen functional groups attached to an aromatic ring is 1. The Bertz CT molecular complexity index is 331. The summed E-state index contributed by atoms with van der Waals surface area (Å²) in [5, 5.41) is 3.33. The summed E-state index contributed by atoms with van der Waals surface area (Å²) in [5.41, 5.74) is 6.85. The van der Waals surface area contributed by atoms with Crippen molar-refractivity contribution in [3.05, 3.63) is 24.0 Å². The van der Waals surface area contributed by atoms with Gasteiger partial charge in [0.05, 0.1) is 0 Å². The smallest absolute Gasteiger partial charge is 0.127 e. The molecule has 1 aliphatic carbocycles. The minimum absolute atomic E-state index is 0.274. The summed E-state index contributed by atoms with van der Waals surface area (Å²) in [7, 11) is 0. The van der Waals surface area contributed by atoms with Crippen molar-refractivity contribution in [1.29, 1.82) is 0 Å². The van der Waals surface area contributed by atoms with Crippen molar-refractivity contribution in [2.45, 2.75) is 32.2 Å². The Morgan fingerprint density at radius 2 is 2.13 bits per heavy atom. The van der Waals surface area contributed by atoms with Gasteiger partial charge in [0.1, 0.15) is 5.82 Å². The lowest BCUT2D eigenvalue weighted by atomic mass is 10.1. The zero-order valence-corrected chi connectivity index (χ0v) is 8.96. The fourth-order valence-electron chi connectivity index (χ4n) is 2.27. The molecule has 0 radical (unpaired) electrons. The number of anilines is 2. The third-order valence-corrected chi connectivity index (χ3v) is 2.99. The fraction of sp³-hybridized carbons (Fsp3) is 0.500. The quantitative estimate of drug-likeness (QED) is 0.733. The highest BCUT2D eigenvalue weighted by Gasteiger charge is 2.20. The molecule has 1 fully saturated rings. The second-order valence-corrected chi connectivity index (χ2v) is 4.53. The van der Waals surface area contributed by atoms with Crippen LogP contribution in [0.1, 0.15) is 26.2 Å².